The van der Waals surface area contributed by atoms with E-state index >= 15 is 0 Å². The van der Waals surface area contributed by atoms with Crippen LogP contribution in [0.25, 0.3) is 0 Å². The maximum absolute atomic E-state index is 2.52. The Morgan fingerprint density at radius 3 is 1.13 bits per heavy atom. The second-order valence-corrected chi connectivity index (χ2v) is 9.76. The van der Waals surface area contributed by atoms with E-state index in [2.05, 4.69) is 111 Å². The molecule has 0 amide bonds. The van der Waals surface area contributed by atoms with Crippen LogP contribution in [0.3, 0.4) is 0 Å². The van der Waals surface area contributed by atoms with E-state index in [1.807, 2.05) is 0 Å². The molecule has 0 unspecified atom stereocenters. The molecule has 116 valence electrons. The molecule has 0 aromatic heterocycles. The fourth-order valence-electron chi connectivity index (χ4n) is 3.29. The minimum absolute atomic E-state index is 1.37. The van der Waals surface area contributed by atoms with Gasteiger partial charge in [0.1, 0.15) is 0 Å². The van der Waals surface area contributed by atoms with E-state index in [1.54, 1.807) is 0 Å². The van der Waals surface area contributed by atoms with Crippen LogP contribution in [0.2, 0.25) is 0 Å². The van der Waals surface area contributed by atoms with Crippen molar-refractivity contribution >= 4 is 23.2 Å². The first-order valence-electron chi connectivity index (χ1n) is 8.06. The Balaban J connectivity index is 2.38. The molecule has 0 saturated heterocycles. The van der Waals surface area contributed by atoms with Crippen LogP contribution in [0.1, 0.15) is 13.8 Å². The monoisotopic (exact) mass is 318 g/mol. The molecule has 0 aliphatic heterocycles. The topological polar surface area (TPSA) is 0 Å². The Hall–Kier alpha value is -2.17. The van der Waals surface area contributed by atoms with Crippen LogP contribution in [-0.4, -0.2) is 0 Å². The molecule has 3 rings (SSSR count). The Bertz CT molecular complexity index is 673. The summed E-state index contributed by atoms with van der Waals surface area (Å²) in [5, 5.41) is 4.29. The average Bonchev–Trinajstić information content (AvgIpc) is 2.62. The van der Waals surface area contributed by atoms with Gasteiger partial charge < -0.3 is 0 Å². The van der Waals surface area contributed by atoms with Gasteiger partial charge in [0, 0.05) is 0 Å². The normalized spacial score (nSPS) is 11.7. The van der Waals surface area contributed by atoms with Crippen molar-refractivity contribution in [1.29, 1.82) is 0 Å². The number of hydrogen-bond donors (Lipinski definition) is 0. The van der Waals surface area contributed by atoms with Crippen molar-refractivity contribution in [2.75, 3.05) is 0 Å². The van der Waals surface area contributed by atoms with E-state index in [0.29, 0.717) is 0 Å². The van der Waals surface area contributed by atoms with Crippen molar-refractivity contribution in [3.63, 3.8) is 0 Å². The van der Waals surface area contributed by atoms with Gasteiger partial charge in [0.2, 0.25) is 0 Å². The van der Waals surface area contributed by atoms with Crippen molar-refractivity contribution in [2.45, 2.75) is 13.8 Å². The molecule has 0 spiro atoms. The van der Waals surface area contributed by atoms with Gasteiger partial charge in [-0.2, -0.15) is 0 Å². The molecule has 0 N–H and O–H groups in total. The van der Waals surface area contributed by atoms with Crippen LogP contribution in [0.15, 0.2) is 102 Å². The zero-order valence-electron chi connectivity index (χ0n) is 13.7. The quantitative estimate of drug-likeness (QED) is 0.615. The average molecular weight is 318 g/mol. The molecule has 0 nitrogen and oxygen atoms in total. The van der Waals surface area contributed by atoms with Crippen LogP contribution >= 0.6 is 7.26 Å². The molecular formula is C22H23P. The summed E-state index contributed by atoms with van der Waals surface area (Å²) in [6.07, 6.45) is 0. The Morgan fingerprint density at radius 2 is 0.870 bits per heavy atom. The Morgan fingerprint density at radius 1 is 0.565 bits per heavy atom. The summed E-state index contributed by atoms with van der Waals surface area (Å²) in [5.41, 5.74) is 1.37. The van der Waals surface area contributed by atoms with E-state index in [4.69, 9.17) is 0 Å². The van der Waals surface area contributed by atoms with Gasteiger partial charge in [-0.1, -0.05) is 0 Å². The second kappa shape index (κ2) is 6.94. The molecular weight excluding hydrogens is 295 g/mol. The van der Waals surface area contributed by atoms with Crippen molar-refractivity contribution in [2.24, 2.45) is 0 Å². The van der Waals surface area contributed by atoms with Crippen LogP contribution in [-0.2, 0) is 0 Å². The minimum atomic E-state index is -2.15. The first kappa shape index (κ1) is 15.7. The number of rotatable bonds is 4. The van der Waals surface area contributed by atoms with Crippen molar-refractivity contribution < 1.29 is 0 Å². The Labute approximate surface area is 139 Å². The molecule has 0 bridgehead atoms. The van der Waals surface area contributed by atoms with Crippen molar-refractivity contribution in [3.05, 3.63) is 102 Å². The van der Waals surface area contributed by atoms with Gasteiger partial charge in [-0.05, 0) is 0 Å². The summed E-state index contributed by atoms with van der Waals surface area (Å²) in [7, 11) is -2.15. The van der Waals surface area contributed by atoms with Crippen molar-refractivity contribution in [3.8, 4) is 0 Å². The summed E-state index contributed by atoms with van der Waals surface area (Å²) in [6.45, 7) is 4.41. The fraction of sp³-hybridized carbons (Fsp3) is 0.0909. The van der Waals surface area contributed by atoms with Crippen LogP contribution in [0, 0.1) is 0 Å². The molecule has 0 aliphatic carbocycles. The second-order valence-electron chi connectivity index (χ2n) is 6.13. The predicted octanol–water partition coefficient (Wildman–Crippen LogP) is 4.64. The van der Waals surface area contributed by atoms with Gasteiger partial charge in [0.15, 0.2) is 0 Å². The molecule has 0 saturated carbocycles. The zero-order valence-corrected chi connectivity index (χ0v) is 14.7. The third-order valence-corrected chi connectivity index (χ3v) is 8.93. The van der Waals surface area contributed by atoms with Gasteiger partial charge in [0.25, 0.3) is 0 Å². The van der Waals surface area contributed by atoms with Crippen LogP contribution in [0.5, 0.6) is 0 Å². The van der Waals surface area contributed by atoms with E-state index in [1.165, 1.54) is 21.5 Å². The first-order chi connectivity index (χ1) is 11.2. The van der Waals surface area contributed by atoms with E-state index in [-0.39, 0.29) is 0 Å². The molecule has 0 atom stereocenters. The SMILES string of the molecule is CC(C)=C[PH](c1ccccc1)(c1ccccc1)c1ccccc1. The van der Waals surface area contributed by atoms with Gasteiger partial charge in [-0.25, -0.2) is 0 Å². The van der Waals surface area contributed by atoms with E-state index < -0.39 is 7.26 Å². The van der Waals surface area contributed by atoms with Gasteiger partial charge in [0.05, 0.1) is 0 Å². The Kier molecular flexibility index (Phi) is 4.74. The molecule has 0 heterocycles. The van der Waals surface area contributed by atoms with Gasteiger partial charge in [-0.3, -0.25) is 0 Å². The van der Waals surface area contributed by atoms with Crippen molar-refractivity contribution in [1.82, 2.24) is 0 Å². The van der Waals surface area contributed by atoms with E-state index in [0.717, 1.165) is 0 Å². The summed E-state index contributed by atoms with van der Waals surface area (Å²) < 4.78 is 0. The van der Waals surface area contributed by atoms with Gasteiger partial charge >= 0.3 is 139 Å². The third-order valence-electron chi connectivity index (χ3n) is 4.19. The standard InChI is InChI=1S/C22H23P/c1-19(2)18-23(20-12-6-3-7-13-20,21-14-8-4-9-15-21)22-16-10-5-11-17-22/h3-18,23H,1-2H3. The maximum atomic E-state index is 2.52. The number of benzene rings is 3. The summed E-state index contributed by atoms with van der Waals surface area (Å²) in [4.78, 5) is 0. The molecule has 0 aliphatic rings. The number of hydrogen-bond acceptors (Lipinski definition) is 0. The molecule has 0 fully saturated rings. The zero-order chi connectivity index (χ0) is 16.1. The fourth-order valence-corrected chi connectivity index (χ4v) is 7.81. The molecule has 3 aromatic rings. The van der Waals surface area contributed by atoms with Gasteiger partial charge in [-0.15, -0.1) is 0 Å². The van der Waals surface area contributed by atoms with Crippen LogP contribution in [0.4, 0.5) is 0 Å². The van der Waals surface area contributed by atoms with Crippen LogP contribution < -0.4 is 15.9 Å². The molecule has 3 aromatic carbocycles. The third kappa shape index (κ3) is 3.14. The summed E-state index contributed by atoms with van der Waals surface area (Å²) in [6, 6.07) is 32.9. The molecule has 0 radical (unpaired) electrons. The summed E-state index contributed by atoms with van der Waals surface area (Å²) >= 11 is 0. The van der Waals surface area contributed by atoms with E-state index in [9.17, 15) is 0 Å². The molecule has 23 heavy (non-hydrogen) atoms. The first-order valence-corrected chi connectivity index (χ1v) is 10.1. The molecule has 1 heteroatoms. The summed E-state index contributed by atoms with van der Waals surface area (Å²) in [5.74, 6) is 2.52. The number of allylic oxidation sites excluding steroid dienone is 1. The predicted molar refractivity (Wildman–Crippen MR) is 106 cm³/mol.